The maximum absolute atomic E-state index is 13.5. The summed E-state index contributed by atoms with van der Waals surface area (Å²) in [6.45, 7) is 8.51. The number of hydrogen-bond donors (Lipinski definition) is 2. The maximum atomic E-state index is 13.5. The number of nitrogens with one attached hydrogen (secondary N) is 2. The predicted molar refractivity (Wildman–Crippen MR) is 112 cm³/mol. The van der Waals surface area contributed by atoms with Crippen molar-refractivity contribution in [1.82, 2.24) is 20.8 Å². The van der Waals surface area contributed by atoms with Crippen LogP contribution in [0.3, 0.4) is 0 Å². The fraction of sp³-hybridized carbons (Fsp3) is 0.364. The fourth-order valence-electron chi connectivity index (χ4n) is 3.18. The fourth-order valence-corrected chi connectivity index (χ4v) is 3.18. The minimum Gasteiger partial charge on any atom is -0.350 e. The Balaban J connectivity index is 2.06. The van der Waals surface area contributed by atoms with Crippen molar-refractivity contribution >= 4 is 22.9 Å². The van der Waals surface area contributed by atoms with Crippen LogP contribution in [0.15, 0.2) is 34.9 Å². The van der Waals surface area contributed by atoms with Gasteiger partial charge in [-0.3, -0.25) is 9.59 Å². The van der Waals surface area contributed by atoms with Gasteiger partial charge in [0.2, 0.25) is 5.91 Å². The molecule has 3 rings (SSSR count). The van der Waals surface area contributed by atoms with Crippen LogP contribution < -0.4 is 10.6 Å². The van der Waals surface area contributed by atoms with E-state index in [0.717, 1.165) is 6.07 Å². The van der Waals surface area contributed by atoms with Gasteiger partial charge in [0.15, 0.2) is 0 Å². The number of benzene rings is 1. The summed E-state index contributed by atoms with van der Waals surface area (Å²) in [4.78, 5) is 29.6. The van der Waals surface area contributed by atoms with Crippen LogP contribution in [-0.2, 0) is 11.0 Å². The van der Waals surface area contributed by atoms with E-state index in [1.165, 1.54) is 31.2 Å². The van der Waals surface area contributed by atoms with Crippen molar-refractivity contribution in [3.05, 3.63) is 47.2 Å². The number of fused-ring (bicyclic) bond motifs is 1. The number of carbonyl (C=O) groups excluding carboxylic acids is 2. The number of halogens is 3. The first-order valence-corrected chi connectivity index (χ1v) is 9.84. The molecule has 1 unspecified atom stereocenters. The van der Waals surface area contributed by atoms with Crippen molar-refractivity contribution in [1.29, 1.82) is 0 Å². The maximum Gasteiger partial charge on any atom is 0.417 e. The minimum absolute atomic E-state index is 0.0103. The third-order valence-corrected chi connectivity index (χ3v) is 4.61. The number of rotatable bonds is 4. The molecule has 2 amide bonds. The number of amides is 2. The summed E-state index contributed by atoms with van der Waals surface area (Å²) in [5.41, 5.74) is -1.42. The van der Waals surface area contributed by atoms with Crippen LogP contribution in [0.4, 0.5) is 13.2 Å². The van der Waals surface area contributed by atoms with Crippen LogP contribution in [0.5, 0.6) is 0 Å². The van der Waals surface area contributed by atoms with Crippen molar-refractivity contribution < 1.29 is 27.3 Å². The van der Waals surface area contributed by atoms with Gasteiger partial charge < -0.3 is 15.2 Å². The third-order valence-electron chi connectivity index (χ3n) is 4.61. The highest BCUT2D eigenvalue weighted by Gasteiger charge is 2.34. The van der Waals surface area contributed by atoms with E-state index >= 15 is 0 Å². The van der Waals surface area contributed by atoms with Gasteiger partial charge >= 0.3 is 6.18 Å². The molecule has 0 bridgehead atoms. The van der Waals surface area contributed by atoms with Gasteiger partial charge in [-0.15, -0.1) is 0 Å². The first kappa shape index (κ1) is 23.2. The van der Waals surface area contributed by atoms with Crippen molar-refractivity contribution in [2.75, 3.05) is 0 Å². The molecule has 0 aliphatic heterocycles. The van der Waals surface area contributed by atoms with Crippen LogP contribution in [-0.4, -0.2) is 33.5 Å². The molecule has 0 saturated heterocycles. The van der Waals surface area contributed by atoms with Gasteiger partial charge in [-0.25, -0.2) is 4.98 Å². The quantitative estimate of drug-likeness (QED) is 0.622. The van der Waals surface area contributed by atoms with Crippen LogP contribution in [0.2, 0.25) is 0 Å². The summed E-state index contributed by atoms with van der Waals surface area (Å²) < 4.78 is 45.7. The van der Waals surface area contributed by atoms with Crippen molar-refractivity contribution in [2.24, 2.45) is 0 Å². The molecule has 0 aliphatic carbocycles. The predicted octanol–water partition coefficient (Wildman–Crippen LogP) is 4.25. The van der Waals surface area contributed by atoms with Gasteiger partial charge in [0.05, 0.1) is 27.9 Å². The van der Waals surface area contributed by atoms with E-state index < -0.39 is 35.1 Å². The largest absolute Gasteiger partial charge is 0.417 e. The number of aromatic nitrogens is 2. The highest BCUT2D eigenvalue weighted by molar-refractivity contribution is 6.08. The molecule has 0 saturated carbocycles. The molecule has 0 spiro atoms. The summed E-state index contributed by atoms with van der Waals surface area (Å²) in [7, 11) is 0. The lowest BCUT2D eigenvalue weighted by Gasteiger charge is -2.23. The molecule has 3 aromatic rings. The van der Waals surface area contributed by atoms with E-state index in [2.05, 4.69) is 20.8 Å². The SMILES string of the molecule is Cc1noc2nc(-c3ccccc3C(F)(F)F)cc(C(=O)NC(C)C(=O)NC(C)(C)C)c12. The number of alkyl halides is 3. The Morgan fingerprint density at radius 1 is 1.12 bits per heavy atom. The van der Waals surface area contributed by atoms with Gasteiger partial charge in [0.25, 0.3) is 11.6 Å². The van der Waals surface area contributed by atoms with Crippen LogP contribution in [0.1, 0.15) is 49.3 Å². The lowest BCUT2D eigenvalue weighted by atomic mass is 10.0. The Hall–Kier alpha value is -3.43. The number of hydrogen-bond acceptors (Lipinski definition) is 5. The van der Waals surface area contributed by atoms with E-state index in [1.807, 2.05) is 0 Å². The Bertz CT molecular complexity index is 1180. The monoisotopic (exact) mass is 448 g/mol. The number of aryl methyl sites for hydroxylation is 1. The molecule has 0 fully saturated rings. The second kappa shape index (κ2) is 8.25. The molecular weight excluding hydrogens is 425 g/mol. The zero-order chi connectivity index (χ0) is 23.8. The highest BCUT2D eigenvalue weighted by Crippen LogP contribution is 2.37. The minimum atomic E-state index is -4.62. The summed E-state index contributed by atoms with van der Waals surface area (Å²) in [6, 6.07) is 5.28. The molecular formula is C22H23F3N4O3. The number of nitrogens with zero attached hydrogens (tertiary/aromatic N) is 2. The van der Waals surface area contributed by atoms with Crippen LogP contribution in [0.25, 0.3) is 22.4 Å². The molecule has 170 valence electrons. The smallest absolute Gasteiger partial charge is 0.350 e. The number of carbonyl (C=O) groups is 2. The van der Waals surface area contributed by atoms with Crippen molar-refractivity contribution in [3.63, 3.8) is 0 Å². The molecule has 1 atom stereocenters. The molecule has 2 aromatic heterocycles. The molecule has 2 N–H and O–H groups in total. The van der Waals surface area contributed by atoms with Gasteiger partial charge in [-0.1, -0.05) is 23.4 Å². The lowest BCUT2D eigenvalue weighted by molar-refractivity contribution is -0.137. The van der Waals surface area contributed by atoms with E-state index in [0.29, 0.717) is 5.69 Å². The zero-order valence-electron chi connectivity index (χ0n) is 18.2. The standard InChI is InChI=1S/C22H23F3N4O3/c1-11-17-14(19(31)26-12(2)18(30)28-21(3,4)5)10-16(27-20(17)32-29-11)13-8-6-7-9-15(13)22(23,24)25/h6-10,12H,1-5H3,(H,26,31)(H,28,30). The Labute approximate surface area is 182 Å². The Morgan fingerprint density at radius 3 is 2.41 bits per heavy atom. The van der Waals surface area contributed by atoms with Gasteiger partial charge in [0, 0.05) is 11.1 Å². The second-order valence-electron chi connectivity index (χ2n) is 8.48. The average molecular weight is 448 g/mol. The first-order chi connectivity index (χ1) is 14.8. The number of pyridine rings is 1. The topological polar surface area (TPSA) is 97.1 Å². The Morgan fingerprint density at radius 2 is 1.78 bits per heavy atom. The van der Waals surface area contributed by atoms with Gasteiger partial charge in [-0.2, -0.15) is 13.2 Å². The Kier molecular flexibility index (Phi) is 5.99. The highest BCUT2D eigenvalue weighted by atomic mass is 19.4. The molecule has 0 radical (unpaired) electrons. The molecule has 10 heteroatoms. The molecule has 2 heterocycles. The van der Waals surface area contributed by atoms with Gasteiger partial charge in [0.1, 0.15) is 6.04 Å². The summed E-state index contributed by atoms with van der Waals surface area (Å²) in [5, 5.41) is 9.39. The van der Waals surface area contributed by atoms with E-state index in [9.17, 15) is 22.8 Å². The zero-order valence-corrected chi connectivity index (χ0v) is 18.2. The second-order valence-corrected chi connectivity index (χ2v) is 8.48. The van der Waals surface area contributed by atoms with Crippen LogP contribution >= 0.6 is 0 Å². The van der Waals surface area contributed by atoms with Crippen molar-refractivity contribution in [2.45, 2.75) is 52.4 Å². The summed E-state index contributed by atoms with van der Waals surface area (Å²) >= 11 is 0. The average Bonchev–Trinajstić information content (AvgIpc) is 3.06. The normalized spacial score (nSPS) is 13.1. The lowest BCUT2D eigenvalue weighted by Crippen LogP contribution is -2.50. The van der Waals surface area contributed by atoms with E-state index in [-0.39, 0.29) is 27.9 Å². The summed E-state index contributed by atoms with van der Waals surface area (Å²) in [6.07, 6.45) is -4.62. The molecule has 7 nitrogen and oxygen atoms in total. The molecule has 32 heavy (non-hydrogen) atoms. The van der Waals surface area contributed by atoms with Gasteiger partial charge in [-0.05, 0) is 46.8 Å². The summed E-state index contributed by atoms with van der Waals surface area (Å²) in [5.74, 6) is -1.06. The van der Waals surface area contributed by atoms with E-state index in [1.54, 1.807) is 27.7 Å². The third kappa shape index (κ3) is 4.90. The van der Waals surface area contributed by atoms with E-state index in [4.69, 9.17) is 4.52 Å². The van der Waals surface area contributed by atoms with Crippen LogP contribution in [0, 0.1) is 6.92 Å². The molecule has 1 aromatic carbocycles. The van der Waals surface area contributed by atoms with Crippen molar-refractivity contribution in [3.8, 4) is 11.3 Å². The first-order valence-electron chi connectivity index (χ1n) is 9.84. The molecule has 0 aliphatic rings.